The molecule has 0 saturated heterocycles. The third-order valence-corrected chi connectivity index (χ3v) is 4.94. The van der Waals surface area contributed by atoms with E-state index in [0.717, 1.165) is 22.6 Å². The summed E-state index contributed by atoms with van der Waals surface area (Å²) < 4.78 is 0. The highest BCUT2D eigenvalue weighted by Gasteiger charge is 2.30. The molecule has 1 aromatic heterocycles. The van der Waals surface area contributed by atoms with Crippen LogP contribution < -0.4 is 15.1 Å². The molecule has 1 atom stereocenters. The van der Waals surface area contributed by atoms with E-state index in [1.807, 2.05) is 24.3 Å². The molecule has 126 valence electrons. The monoisotopic (exact) mass is 345 g/mol. The Balaban J connectivity index is 1.56. The lowest BCUT2D eigenvalue weighted by atomic mass is 9.96. The second-order valence-electron chi connectivity index (χ2n) is 5.87. The van der Waals surface area contributed by atoms with Crippen molar-refractivity contribution in [1.82, 2.24) is 10.3 Å². The van der Waals surface area contributed by atoms with Gasteiger partial charge in [-0.05, 0) is 18.1 Å². The lowest BCUT2D eigenvalue weighted by Gasteiger charge is -2.15. The number of anilines is 1. The number of carbonyl (C=O) groups is 2. The number of nitrogens with zero attached hydrogens (tertiary/aromatic N) is 1. The summed E-state index contributed by atoms with van der Waals surface area (Å²) in [6, 6.07) is 7.86. The fourth-order valence-electron chi connectivity index (χ4n) is 3.03. The summed E-state index contributed by atoms with van der Waals surface area (Å²) in [5.74, 6) is 0.147. The van der Waals surface area contributed by atoms with E-state index in [1.54, 1.807) is 17.2 Å². The van der Waals surface area contributed by atoms with Crippen molar-refractivity contribution >= 4 is 28.8 Å². The van der Waals surface area contributed by atoms with Gasteiger partial charge >= 0.3 is 4.87 Å². The van der Waals surface area contributed by atoms with Gasteiger partial charge in [-0.3, -0.25) is 14.4 Å². The SMILES string of the molecule is CC(=O)N1CC(CCC(=O)NCc2csc(=O)[nH]2)c2ccccc21. The van der Waals surface area contributed by atoms with E-state index in [9.17, 15) is 14.4 Å². The van der Waals surface area contributed by atoms with Crippen LogP contribution in [0.5, 0.6) is 0 Å². The average molecular weight is 345 g/mol. The molecule has 1 aromatic carbocycles. The Labute approximate surface area is 143 Å². The van der Waals surface area contributed by atoms with Crippen LogP contribution in [0, 0.1) is 0 Å². The van der Waals surface area contributed by atoms with Crippen molar-refractivity contribution in [3.8, 4) is 0 Å². The molecule has 0 fully saturated rings. The molecule has 2 N–H and O–H groups in total. The van der Waals surface area contributed by atoms with Crippen LogP contribution in [-0.4, -0.2) is 23.3 Å². The summed E-state index contributed by atoms with van der Waals surface area (Å²) in [5.41, 5.74) is 2.79. The van der Waals surface area contributed by atoms with Gasteiger partial charge in [0.05, 0.1) is 6.54 Å². The van der Waals surface area contributed by atoms with E-state index >= 15 is 0 Å². The predicted octanol–water partition coefficient (Wildman–Crippen LogP) is 1.98. The molecule has 0 saturated carbocycles. The molecule has 0 spiro atoms. The summed E-state index contributed by atoms with van der Waals surface area (Å²) in [6.45, 7) is 2.52. The van der Waals surface area contributed by atoms with E-state index in [4.69, 9.17) is 0 Å². The Morgan fingerprint density at radius 3 is 2.88 bits per heavy atom. The maximum atomic E-state index is 12.0. The number of fused-ring (bicyclic) bond motifs is 1. The van der Waals surface area contributed by atoms with Gasteiger partial charge in [-0.1, -0.05) is 29.5 Å². The number of para-hydroxylation sites is 1. The number of nitrogens with one attached hydrogen (secondary N) is 2. The Morgan fingerprint density at radius 1 is 1.38 bits per heavy atom. The first-order valence-corrected chi connectivity index (χ1v) is 8.73. The van der Waals surface area contributed by atoms with Crippen molar-refractivity contribution in [1.29, 1.82) is 0 Å². The molecule has 0 bridgehead atoms. The molecular weight excluding hydrogens is 326 g/mol. The minimum Gasteiger partial charge on any atom is -0.351 e. The van der Waals surface area contributed by atoms with Crippen LogP contribution in [-0.2, 0) is 16.1 Å². The van der Waals surface area contributed by atoms with Crippen molar-refractivity contribution in [3.63, 3.8) is 0 Å². The molecule has 0 radical (unpaired) electrons. The largest absolute Gasteiger partial charge is 0.351 e. The van der Waals surface area contributed by atoms with Gasteiger partial charge in [0.15, 0.2) is 0 Å². The van der Waals surface area contributed by atoms with E-state index in [1.165, 1.54) is 0 Å². The van der Waals surface area contributed by atoms with E-state index in [-0.39, 0.29) is 22.6 Å². The molecule has 2 aromatic rings. The van der Waals surface area contributed by atoms with Crippen molar-refractivity contribution in [2.75, 3.05) is 11.4 Å². The minimum atomic E-state index is -0.119. The second kappa shape index (κ2) is 7.00. The van der Waals surface area contributed by atoms with E-state index in [0.29, 0.717) is 31.6 Å². The van der Waals surface area contributed by atoms with Crippen LogP contribution >= 0.6 is 11.3 Å². The number of thiazole rings is 1. The summed E-state index contributed by atoms with van der Waals surface area (Å²) in [5, 5.41) is 4.52. The fourth-order valence-corrected chi connectivity index (χ4v) is 3.61. The number of hydrogen-bond donors (Lipinski definition) is 2. The topological polar surface area (TPSA) is 82.3 Å². The molecule has 1 aliphatic heterocycles. The van der Waals surface area contributed by atoms with Crippen LogP contribution in [0.15, 0.2) is 34.4 Å². The first-order valence-electron chi connectivity index (χ1n) is 7.85. The van der Waals surface area contributed by atoms with E-state index < -0.39 is 0 Å². The Bertz CT molecular complexity index is 811. The quantitative estimate of drug-likeness (QED) is 0.869. The molecule has 3 rings (SSSR count). The highest BCUT2D eigenvalue weighted by molar-refractivity contribution is 7.07. The first kappa shape index (κ1) is 16.4. The number of aromatic nitrogens is 1. The number of amides is 2. The Morgan fingerprint density at radius 2 is 2.17 bits per heavy atom. The number of hydrogen-bond acceptors (Lipinski definition) is 4. The molecule has 2 amide bonds. The zero-order valence-corrected chi connectivity index (χ0v) is 14.2. The maximum Gasteiger partial charge on any atom is 0.304 e. The molecule has 1 aliphatic rings. The van der Waals surface area contributed by atoms with Crippen LogP contribution in [0.4, 0.5) is 5.69 Å². The fraction of sp³-hybridized carbons (Fsp3) is 0.353. The number of benzene rings is 1. The van der Waals surface area contributed by atoms with Gasteiger partial charge < -0.3 is 15.2 Å². The van der Waals surface area contributed by atoms with Crippen LogP contribution in [0.1, 0.15) is 36.9 Å². The highest BCUT2D eigenvalue weighted by atomic mass is 32.1. The van der Waals surface area contributed by atoms with Crippen molar-refractivity contribution in [3.05, 3.63) is 50.6 Å². The molecule has 0 aliphatic carbocycles. The summed E-state index contributed by atoms with van der Waals surface area (Å²) in [6.07, 6.45) is 1.08. The third kappa shape index (κ3) is 3.56. The lowest BCUT2D eigenvalue weighted by molar-refractivity contribution is -0.121. The van der Waals surface area contributed by atoms with Crippen LogP contribution in [0.3, 0.4) is 0 Å². The Hall–Kier alpha value is -2.41. The molecular formula is C17H19N3O3S. The van der Waals surface area contributed by atoms with Gasteiger partial charge in [0, 0.05) is 42.6 Å². The van der Waals surface area contributed by atoms with Crippen molar-refractivity contribution in [2.24, 2.45) is 0 Å². The highest BCUT2D eigenvalue weighted by Crippen LogP contribution is 2.38. The Kier molecular flexibility index (Phi) is 4.80. The number of carbonyl (C=O) groups excluding carboxylic acids is 2. The summed E-state index contributed by atoms with van der Waals surface area (Å²) in [7, 11) is 0. The summed E-state index contributed by atoms with van der Waals surface area (Å²) >= 11 is 1.09. The van der Waals surface area contributed by atoms with Gasteiger partial charge in [0.1, 0.15) is 0 Å². The average Bonchev–Trinajstić information content (AvgIpc) is 3.14. The number of H-pyrrole nitrogens is 1. The molecule has 24 heavy (non-hydrogen) atoms. The maximum absolute atomic E-state index is 12.0. The second-order valence-corrected chi connectivity index (χ2v) is 6.72. The summed E-state index contributed by atoms with van der Waals surface area (Å²) in [4.78, 5) is 39.2. The minimum absolute atomic E-state index is 0.0239. The van der Waals surface area contributed by atoms with Gasteiger partial charge in [0.25, 0.3) is 0 Å². The first-order chi connectivity index (χ1) is 11.5. The zero-order chi connectivity index (χ0) is 17.1. The van der Waals surface area contributed by atoms with Gasteiger partial charge in [-0.25, -0.2) is 0 Å². The van der Waals surface area contributed by atoms with Crippen molar-refractivity contribution < 1.29 is 9.59 Å². The van der Waals surface area contributed by atoms with Gasteiger partial charge in [-0.15, -0.1) is 0 Å². The number of aromatic amines is 1. The zero-order valence-electron chi connectivity index (χ0n) is 13.4. The third-order valence-electron chi connectivity index (χ3n) is 4.22. The van der Waals surface area contributed by atoms with Crippen molar-refractivity contribution in [2.45, 2.75) is 32.2 Å². The van der Waals surface area contributed by atoms with Gasteiger partial charge in [0.2, 0.25) is 11.8 Å². The van der Waals surface area contributed by atoms with Crippen LogP contribution in [0.2, 0.25) is 0 Å². The van der Waals surface area contributed by atoms with Crippen LogP contribution in [0.25, 0.3) is 0 Å². The number of rotatable bonds is 5. The van der Waals surface area contributed by atoms with E-state index in [2.05, 4.69) is 10.3 Å². The predicted molar refractivity (Wildman–Crippen MR) is 93.2 cm³/mol. The molecule has 7 heteroatoms. The van der Waals surface area contributed by atoms with Gasteiger partial charge in [-0.2, -0.15) is 0 Å². The normalized spacial score (nSPS) is 16.0. The standard InChI is InChI=1S/C17H19N3O3S/c1-11(21)20-9-12(14-4-2-3-5-15(14)20)6-7-16(22)18-8-13-10-24-17(23)19-13/h2-5,10,12H,6-9H2,1H3,(H,18,22)(H,19,23). The molecule has 2 heterocycles. The molecule has 1 unspecified atom stereocenters. The smallest absolute Gasteiger partial charge is 0.304 e. The molecule has 6 nitrogen and oxygen atoms in total. The lowest BCUT2D eigenvalue weighted by Crippen LogP contribution is -2.28.